The van der Waals surface area contributed by atoms with Gasteiger partial charge in [-0.1, -0.05) is 6.07 Å². The molecule has 2 saturated heterocycles. The van der Waals surface area contributed by atoms with Gasteiger partial charge in [0.1, 0.15) is 10.5 Å². The van der Waals surface area contributed by atoms with Gasteiger partial charge in [0.05, 0.1) is 12.6 Å². The molecule has 0 spiro atoms. The van der Waals surface area contributed by atoms with Gasteiger partial charge in [-0.15, -0.1) is 11.3 Å². The van der Waals surface area contributed by atoms with Crippen LogP contribution in [0.1, 0.15) is 35.3 Å². The van der Waals surface area contributed by atoms with E-state index in [-0.39, 0.29) is 12.0 Å². The molecule has 0 bridgehead atoms. The smallest absolute Gasteiger partial charge is 0.270 e. The molecule has 0 radical (unpaired) electrons. The van der Waals surface area contributed by atoms with Gasteiger partial charge in [0.2, 0.25) is 6.79 Å². The van der Waals surface area contributed by atoms with E-state index in [9.17, 15) is 4.79 Å². The third-order valence-electron chi connectivity index (χ3n) is 6.88. The molecule has 33 heavy (non-hydrogen) atoms. The molecule has 1 amide bonds. The highest BCUT2D eigenvalue weighted by molar-refractivity contribution is 7.16. The minimum absolute atomic E-state index is 0.136. The van der Waals surface area contributed by atoms with Gasteiger partial charge in [-0.2, -0.15) is 0 Å². The number of thiophene rings is 1. The molecule has 1 atom stereocenters. The summed E-state index contributed by atoms with van der Waals surface area (Å²) in [6.07, 6.45) is 3.60. The number of hydrogen-bond acceptors (Lipinski definition) is 6. The van der Waals surface area contributed by atoms with E-state index in [4.69, 9.17) is 14.2 Å². The van der Waals surface area contributed by atoms with Gasteiger partial charge in [0, 0.05) is 44.7 Å². The number of nitrogens with zero attached hydrogens (tertiary/aromatic N) is 3. The second-order valence-electron chi connectivity index (χ2n) is 9.07. The SMILES string of the molecule is O=C(c1cc2ccsc2n1CC1CCCCO1)N1CCN(Cc2ccc3c(c2)OCO3)CC1. The fraction of sp³-hybridized carbons (Fsp3) is 0.480. The summed E-state index contributed by atoms with van der Waals surface area (Å²) >= 11 is 1.71. The third-order valence-corrected chi connectivity index (χ3v) is 7.84. The fourth-order valence-electron chi connectivity index (χ4n) is 5.06. The van der Waals surface area contributed by atoms with Crippen molar-refractivity contribution in [3.63, 3.8) is 0 Å². The van der Waals surface area contributed by atoms with E-state index in [1.807, 2.05) is 11.0 Å². The number of carbonyl (C=O) groups excluding carboxylic acids is 1. The molecule has 2 fully saturated rings. The van der Waals surface area contributed by atoms with Crippen LogP contribution in [-0.4, -0.2) is 66.0 Å². The quantitative estimate of drug-likeness (QED) is 0.569. The van der Waals surface area contributed by atoms with E-state index >= 15 is 0 Å². The lowest BCUT2D eigenvalue weighted by molar-refractivity contribution is 0.00618. The highest BCUT2D eigenvalue weighted by Crippen LogP contribution is 2.33. The largest absolute Gasteiger partial charge is 0.454 e. The second-order valence-corrected chi connectivity index (χ2v) is 9.96. The Bertz CT molecular complexity index is 1140. The zero-order valence-electron chi connectivity index (χ0n) is 18.7. The molecule has 5 heterocycles. The molecule has 1 aromatic carbocycles. The number of carbonyl (C=O) groups is 1. The van der Waals surface area contributed by atoms with Crippen molar-refractivity contribution < 1.29 is 19.0 Å². The predicted octanol–water partition coefficient (Wildman–Crippen LogP) is 3.96. The average molecular weight is 468 g/mol. The molecule has 3 aliphatic rings. The summed E-state index contributed by atoms with van der Waals surface area (Å²) in [5.74, 6) is 1.77. The number of benzene rings is 1. The zero-order valence-corrected chi connectivity index (χ0v) is 19.5. The van der Waals surface area contributed by atoms with E-state index < -0.39 is 0 Å². The van der Waals surface area contributed by atoms with E-state index in [0.717, 1.165) is 81.3 Å². The Morgan fingerprint density at radius 3 is 2.76 bits per heavy atom. The molecule has 3 aliphatic heterocycles. The molecule has 3 aromatic rings. The highest BCUT2D eigenvalue weighted by atomic mass is 32.1. The van der Waals surface area contributed by atoms with Gasteiger partial charge in [-0.25, -0.2) is 0 Å². The van der Waals surface area contributed by atoms with E-state index in [2.05, 4.69) is 39.1 Å². The molecule has 0 saturated carbocycles. The lowest BCUT2D eigenvalue weighted by Crippen LogP contribution is -2.48. The first-order valence-corrected chi connectivity index (χ1v) is 12.7. The van der Waals surface area contributed by atoms with Crippen molar-refractivity contribution in [3.05, 3.63) is 47.0 Å². The van der Waals surface area contributed by atoms with Crippen LogP contribution in [0.3, 0.4) is 0 Å². The van der Waals surface area contributed by atoms with Crippen LogP contribution in [0.4, 0.5) is 0 Å². The van der Waals surface area contributed by atoms with Crippen molar-refractivity contribution in [1.82, 2.24) is 14.4 Å². The van der Waals surface area contributed by atoms with Gasteiger partial charge >= 0.3 is 0 Å². The first-order valence-electron chi connectivity index (χ1n) is 11.8. The molecular weight excluding hydrogens is 438 g/mol. The van der Waals surface area contributed by atoms with E-state index in [1.54, 1.807) is 11.3 Å². The number of fused-ring (bicyclic) bond motifs is 2. The summed E-state index contributed by atoms with van der Waals surface area (Å²) in [6.45, 7) is 5.94. The van der Waals surface area contributed by atoms with Crippen molar-refractivity contribution >= 4 is 27.5 Å². The summed E-state index contributed by atoms with van der Waals surface area (Å²) in [7, 11) is 0. The number of amides is 1. The molecule has 7 nitrogen and oxygen atoms in total. The summed E-state index contributed by atoms with van der Waals surface area (Å²) in [4.78, 5) is 19.1. The Morgan fingerprint density at radius 2 is 1.91 bits per heavy atom. The Labute approximate surface area is 197 Å². The van der Waals surface area contributed by atoms with Crippen LogP contribution in [0.2, 0.25) is 0 Å². The van der Waals surface area contributed by atoms with Crippen LogP contribution >= 0.6 is 11.3 Å². The minimum Gasteiger partial charge on any atom is -0.454 e. The van der Waals surface area contributed by atoms with Crippen molar-refractivity contribution in [2.45, 2.75) is 38.5 Å². The summed E-state index contributed by atoms with van der Waals surface area (Å²) in [5, 5.41) is 3.26. The maximum atomic E-state index is 13.5. The molecule has 6 rings (SSSR count). The van der Waals surface area contributed by atoms with E-state index in [1.165, 1.54) is 16.8 Å². The van der Waals surface area contributed by atoms with Crippen LogP contribution < -0.4 is 9.47 Å². The maximum Gasteiger partial charge on any atom is 0.270 e. The second kappa shape index (κ2) is 9.00. The molecule has 8 heteroatoms. The number of rotatable bonds is 5. The average Bonchev–Trinajstić information content (AvgIpc) is 3.57. The van der Waals surface area contributed by atoms with Crippen molar-refractivity contribution in [3.8, 4) is 11.5 Å². The Balaban J connectivity index is 1.12. The van der Waals surface area contributed by atoms with Gasteiger partial charge in [0.15, 0.2) is 11.5 Å². The topological polar surface area (TPSA) is 56.2 Å². The molecule has 1 unspecified atom stereocenters. The Morgan fingerprint density at radius 1 is 1.03 bits per heavy atom. The lowest BCUT2D eigenvalue weighted by atomic mass is 10.1. The first-order chi connectivity index (χ1) is 16.2. The predicted molar refractivity (Wildman–Crippen MR) is 127 cm³/mol. The first kappa shape index (κ1) is 21.0. The molecule has 2 aromatic heterocycles. The van der Waals surface area contributed by atoms with Crippen LogP contribution in [0.25, 0.3) is 10.2 Å². The molecule has 0 N–H and O–H groups in total. The zero-order chi connectivity index (χ0) is 22.2. The van der Waals surface area contributed by atoms with Crippen LogP contribution in [-0.2, 0) is 17.8 Å². The Kier molecular flexibility index (Phi) is 5.73. The third kappa shape index (κ3) is 4.23. The van der Waals surface area contributed by atoms with Crippen LogP contribution in [0, 0.1) is 0 Å². The van der Waals surface area contributed by atoms with Gasteiger partial charge in [-0.05, 0) is 54.5 Å². The van der Waals surface area contributed by atoms with Crippen molar-refractivity contribution in [1.29, 1.82) is 0 Å². The van der Waals surface area contributed by atoms with Crippen molar-refractivity contribution in [2.75, 3.05) is 39.6 Å². The maximum absolute atomic E-state index is 13.5. The summed E-state index contributed by atoms with van der Waals surface area (Å²) in [5.41, 5.74) is 2.01. The van der Waals surface area contributed by atoms with E-state index in [0.29, 0.717) is 6.79 Å². The number of piperazine rings is 1. The minimum atomic E-state index is 0.136. The monoisotopic (exact) mass is 467 g/mol. The summed E-state index contributed by atoms with van der Waals surface area (Å²) < 4.78 is 19.1. The number of hydrogen-bond donors (Lipinski definition) is 0. The van der Waals surface area contributed by atoms with Gasteiger partial charge in [0.25, 0.3) is 5.91 Å². The highest BCUT2D eigenvalue weighted by Gasteiger charge is 2.27. The fourth-order valence-corrected chi connectivity index (χ4v) is 5.96. The lowest BCUT2D eigenvalue weighted by Gasteiger charge is -2.35. The van der Waals surface area contributed by atoms with Crippen molar-refractivity contribution in [2.24, 2.45) is 0 Å². The molecule has 0 aliphatic carbocycles. The van der Waals surface area contributed by atoms with Gasteiger partial charge in [-0.3, -0.25) is 9.69 Å². The standard InChI is InChI=1S/C25H29N3O4S/c29-24(21-14-19-6-12-33-25(19)28(21)16-20-3-1-2-11-30-20)27-9-7-26(8-10-27)15-18-4-5-22-23(13-18)32-17-31-22/h4-6,12-14,20H,1-3,7-11,15-17H2. The van der Waals surface area contributed by atoms with Gasteiger partial charge < -0.3 is 23.7 Å². The molecular formula is C25H29N3O4S. The van der Waals surface area contributed by atoms with Crippen LogP contribution in [0.15, 0.2) is 35.7 Å². The molecule has 174 valence electrons. The normalized spacial score (nSPS) is 21.1. The van der Waals surface area contributed by atoms with Crippen LogP contribution in [0.5, 0.6) is 11.5 Å². The number of aromatic nitrogens is 1. The Hall–Kier alpha value is -2.55. The summed E-state index contributed by atoms with van der Waals surface area (Å²) in [6, 6.07) is 10.3. The number of ether oxygens (including phenoxy) is 3.